The van der Waals surface area contributed by atoms with Crippen LogP contribution in [0.3, 0.4) is 0 Å². The van der Waals surface area contributed by atoms with E-state index in [-0.39, 0.29) is 5.97 Å². The number of ether oxygens (including phenoxy) is 1. The second-order valence-corrected chi connectivity index (χ2v) is 5.51. The Morgan fingerprint density at radius 3 is 2.70 bits per heavy atom. The highest BCUT2D eigenvalue weighted by Gasteiger charge is 2.19. The molecule has 1 heterocycles. The predicted molar refractivity (Wildman–Crippen MR) is 77.8 cm³/mol. The third-order valence-corrected chi connectivity index (χ3v) is 3.82. The number of hydrogen-bond donors (Lipinski definition) is 1. The topological polar surface area (TPSA) is 64.1 Å². The van der Waals surface area contributed by atoms with E-state index < -0.39 is 0 Å². The lowest BCUT2D eigenvalue weighted by atomic mass is 9.87. The Labute approximate surface area is 120 Å². The van der Waals surface area contributed by atoms with Crippen LogP contribution in [0.4, 0.5) is 5.95 Å². The Morgan fingerprint density at radius 2 is 2.10 bits per heavy atom. The molecular weight excluding hydrogens is 254 g/mol. The molecule has 1 aliphatic rings. The molecule has 0 aliphatic heterocycles. The molecular formula is C15H23N3O2. The van der Waals surface area contributed by atoms with Gasteiger partial charge in [-0.05, 0) is 45.4 Å². The van der Waals surface area contributed by atoms with Crippen molar-refractivity contribution in [1.82, 2.24) is 9.97 Å². The summed E-state index contributed by atoms with van der Waals surface area (Å²) in [7, 11) is 0. The van der Waals surface area contributed by atoms with Gasteiger partial charge in [-0.3, -0.25) is 0 Å². The van der Waals surface area contributed by atoms with Crippen LogP contribution in [-0.2, 0) is 4.74 Å². The van der Waals surface area contributed by atoms with E-state index in [0.29, 0.717) is 29.9 Å². The number of carbonyl (C=O) groups excluding carboxylic acids is 1. The number of rotatable bonds is 4. The first kappa shape index (κ1) is 14.8. The van der Waals surface area contributed by atoms with Crippen molar-refractivity contribution in [3.63, 3.8) is 0 Å². The van der Waals surface area contributed by atoms with Gasteiger partial charge >= 0.3 is 5.97 Å². The Morgan fingerprint density at radius 1 is 1.40 bits per heavy atom. The smallest absolute Gasteiger partial charge is 0.341 e. The molecule has 2 rings (SSSR count). The normalized spacial score (nSPS) is 22.4. The van der Waals surface area contributed by atoms with E-state index in [1.807, 2.05) is 6.92 Å². The number of nitrogens with zero attached hydrogens (tertiary/aromatic N) is 2. The number of hydrogen-bond acceptors (Lipinski definition) is 5. The summed E-state index contributed by atoms with van der Waals surface area (Å²) >= 11 is 0. The van der Waals surface area contributed by atoms with Crippen molar-refractivity contribution in [2.45, 2.75) is 52.5 Å². The van der Waals surface area contributed by atoms with Crippen molar-refractivity contribution in [3.05, 3.63) is 17.5 Å². The van der Waals surface area contributed by atoms with Crippen LogP contribution in [0.5, 0.6) is 0 Å². The molecule has 5 heteroatoms. The van der Waals surface area contributed by atoms with Crippen LogP contribution < -0.4 is 5.32 Å². The Balaban J connectivity index is 2.00. The van der Waals surface area contributed by atoms with Crippen molar-refractivity contribution < 1.29 is 9.53 Å². The molecule has 0 atom stereocenters. The molecule has 0 unspecified atom stereocenters. The monoisotopic (exact) mass is 277 g/mol. The summed E-state index contributed by atoms with van der Waals surface area (Å²) < 4.78 is 4.97. The van der Waals surface area contributed by atoms with Gasteiger partial charge in [0, 0.05) is 12.2 Å². The van der Waals surface area contributed by atoms with Gasteiger partial charge in [0.05, 0.1) is 17.9 Å². The summed E-state index contributed by atoms with van der Waals surface area (Å²) in [5, 5.41) is 3.37. The molecule has 20 heavy (non-hydrogen) atoms. The molecule has 1 aromatic rings. The third-order valence-electron chi connectivity index (χ3n) is 3.82. The standard InChI is InChI=1S/C15H23N3O2/c1-4-20-14(19)13-9-16-15(17-11(13)3)18-12-7-5-10(2)6-8-12/h9-10,12H,4-8H2,1-3H3,(H,16,17,18). The maximum atomic E-state index is 11.7. The summed E-state index contributed by atoms with van der Waals surface area (Å²) in [6.45, 7) is 6.25. The van der Waals surface area contributed by atoms with Gasteiger partial charge < -0.3 is 10.1 Å². The van der Waals surface area contributed by atoms with E-state index >= 15 is 0 Å². The maximum Gasteiger partial charge on any atom is 0.341 e. The van der Waals surface area contributed by atoms with Crippen LogP contribution >= 0.6 is 0 Å². The Hall–Kier alpha value is -1.65. The van der Waals surface area contributed by atoms with E-state index in [2.05, 4.69) is 22.2 Å². The molecule has 0 radical (unpaired) electrons. The Bertz CT molecular complexity index is 468. The van der Waals surface area contributed by atoms with Crippen molar-refractivity contribution in [3.8, 4) is 0 Å². The third kappa shape index (κ3) is 3.68. The molecule has 1 saturated carbocycles. The molecule has 0 aromatic carbocycles. The molecule has 0 amide bonds. The van der Waals surface area contributed by atoms with E-state index in [9.17, 15) is 4.79 Å². The van der Waals surface area contributed by atoms with E-state index in [1.165, 1.54) is 12.8 Å². The highest BCUT2D eigenvalue weighted by atomic mass is 16.5. The summed E-state index contributed by atoms with van der Waals surface area (Å²) in [4.78, 5) is 20.3. The lowest BCUT2D eigenvalue weighted by Crippen LogP contribution is -2.26. The maximum absolute atomic E-state index is 11.7. The van der Waals surface area contributed by atoms with Gasteiger partial charge in [0.25, 0.3) is 0 Å². The lowest BCUT2D eigenvalue weighted by Gasteiger charge is -2.26. The minimum Gasteiger partial charge on any atom is -0.462 e. The van der Waals surface area contributed by atoms with Crippen LogP contribution in [0.2, 0.25) is 0 Å². The predicted octanol–water partition coefficient (Wildman–Crippen LogP) is 2.95. The number of aromatic nitrogens is 2. The van der Waals surface area contributed by atoms with Crippen LogP contribution in [0, 0.1) is 12.8 Å². The fourth-order valence-electron chi connectivity index (χ4n) is 2.53. The lowest BCUT2D eigenvalue weighted by molar-refractivity contribution is 0.0524. The van der Waals surface area contributed by atoms with Crippen LogP contribution in [-0.4, -0.2) is 28.6 Å². The molecule has 0 saturated heterocycles. The molecule has 5 nitrogen and oxygen atoms in total. The first-order valence-electron chi connectivity index (χ1n) is 7.37. The molecule has 0 bridgehead atoms. The van der Waals surface area contributed by atoms with Crippen molar-refractivity contribution in [2.24, 2.45) is 5.92 Å². The van der Waals surface area contributed by atoms with Crippen molar-refractivity contribution in [1.29, 1.82) is 0 Å². The second kappa shape index (κ2) is 6.68. The largest absolute Gasteiger partial charge is 0.462 e. The van der Waals surface area contributed by atoms with Crippen LogP contribution in [0.25, 0.3) is 0 Å². The van der Waals surface area contributed by atoms with Crippen molar-refractivity contribution in [2.75, 3.05) is 11.9 Å². The summed E-state index contributed by atoms with van der Waals surface area (Å²) in [6, 6.07) is 0.444. The Kier molecular flexibility index (Phi) is 4.93. The SMILES string of the molecule is CCOC(=O)c1cnc(NC2CCC(C)CC2)nc1C. The van der Waals surface area contributed by atoms with Gasteiger partial charge in [-0.15, -0.1) is 0 Å². The minimum absolute atomic E-state index is 0.358. The van der Waals surface area contributed by atoms with Crippen molar-refractivity contribution >= 4 is 11.9 Å². The van der Waals surface area contributed by atoms with E-state index in [0.717, 1.165) is 18.8 Å². The number of carbonyl (C=O) groups is 1. The molecule has 1 N–H and O–H groups in total. The fourth-order valence-corrected chi connectivity index (χ4v) is 2.53. The van der Waals surface area contributed by atoms with Crippen LogP contribution in [0.15, 0.2) is 6.20 Å². The zero-order valence-corrected chi connectivity index (χ0v) is 12.5. The van der Waals surface area contributed by atoms with Gasteiger partial charge in [-0.25, -0.2) is 14.8 Å². The fraction of sp³-hybridized carbons (Fsp3) is 0.667. The molecule has 1 fully saturated rings. The average molecular weight is 277 g/mol. The number of anilines is 1. The highest BCUT2D eigenvalue weighted by Crippen LogP contribution is 2.25. The first-order valence-corrected chi connectivity index (χ1v) is 7.37. The molecule has 0 spiro atoms. The van der Waals surface area contributed by atoms with Gasteiger partial charge in [0.2, 0.25) is 5.95 Å². The highest BCUT2D eigenvalue weighted by molar-refractivity contribution is 5.90. The minimum atomic E-state index is -0.358. The zero-order valence-electron chi connectivity index (χ0n) is 12.5. The summed E-state index contributed by atoms with van der Waals surface area (Å²) in [5.41, 5.74) is 1.10. The van der Waals surface area contributed by atoms with Gasteiger partial charge in [-0.2, -0.15) is 0 Å². The quantitative estimate of drug-likeness (QED) is 0.857. The van der Waals surface area contributed by atoms with Gasteiger partial charge in [-0.1, -0.05) is 6.92 Å². The first-order chi connectivity index (χ1) is 9.60. The summed E-state index contributed by atoms with van der Waals surface area (Å²) in [6.07, 6.45) is 6.36. The average Bonchev–Trinajstić information content (AvgIpc) is 2.42. The van der Waals surface area contributed by atoms with E-state index in [1.54, 1.807) is 13.1 Å². The summed E-state index contributed by atoms with van der Waals surface area (Å²) in [5.74, 6) is 1.07. The van der Waals surface area contributed by atoms with Gasteiger partial charge in [0.1, 0.15) is 0 Å². The van der Waals surface area contributed by atoms with Crippen LogP contribution in [0.1, 0.15) is 55.6 Å². The molecule has 1 aliphatic carbocycles. The van der Waals surface area contributed by atoms with Gasteiger partial charge in [0.15, 0.2) is 0 Å². The number of esters is 1. The number of aryl methyl sites for hydroxylation is 1. The zero-order chi connectivity index (χ0) is 14.5. The number of nitrogens with one attached hydrogen (secondary N) is 1. The second-order valence-electron chi connectivity index (χ2n) is 5.51. The molecule has 110 valence electrons. The molecule has 1 aromatic heterocycles. The van der Waals surface area contributed by atoms with E-state index in [4.69, 9.17) is 4.74 Å².